The number of hydrogen-bond donors (Lipinski definition) is 2. The van der Waals surface area contributed by atoms with Crippen molar-refractivity contribution in [2.24, 2.45) is 5.73 Å². The Hall–Kier alpha value is -2.49. The molecule has 0 aliphatic carbocycles. The lowest BCUT2D eigenvalue weighted by molar-refractivity contribution is 0.751. The lowest BCUT2D eigenvalue weighted by Crippen LogP contribution is -2.27. The molecule has 29 heavy (non-hydrogen) atoms. The molecule has 5 rings (SSSR count). The fraction of sp³-hybridized carbons (Fsp3) is 0.316. The summed E-state index contributed by atoms with van der Waals surface area (Å²) in [7, 11) is 0. The highest BCUT2D eigenvalue weighted by molar-refractivity contribution is 7.99. The van der Waals surface area contributed by atoms with E-state index in [1.807, 2.05) is 6.07 Å². The van der Waals surface area contributed by atoms with Crippen molar-refractivity contribution < 1.29 is 0 Å². The molecule has 1 saturated heterocycles. The highest BCUT2D eigenvalue weighted by Gasteiger charge is 2.26. The van der Waals surface area contributed by atoms with Gasteiger partial charge in [-0.15, -0.1) is 0 Å². The third-order valence-electron chi connectivity index (χ3n) is 5.01. The molecular weight excluding hydrogens is 408 g/mol. The van der Waals surface area contributed by atoms with E-state index < -0.39 is 0 Å². The second kappa shape index (κ2) is 7.40. The average molecular weight is 427 g/mol. The van der Waals surface area contributed by atoms with Crippen LogP contribution in [0, 0.1) is 0 Å². The molecule has 0 spiro atoms. The lowest BCUT2D eigenvalue weighted by atomic mass is 10.3. The lowest BCUT2D eigenvalue weighted by Gasteiger charge is -2.18. The molecule has 3 N–H and O–H groups in total. The van der Waals surface area contributed by atoms with Gasteiger partial charge in [0.25, 0.3) is 0 Å². The van der Waals surface area contributed by atoms with Crippen LogP contribution in [-0.4, -0.2) is 49.0 Å². The number of H-pyrrole nitrogens is 1. The van der Waals surface area contributed by atoms with E-state index in [1.165, 1.54) is 11.8 Å². The van der Waals surface area contributed by atoms with Gasteiger partial charge in [0.05, 0.1) is 10.4 Å². The average Bonchev–Trinajstić information content (AvgIpc) is 3.30. The first-order valence-electron chi connectivity index (χ1n) is 9.45. The van der Waals surface area contributed by atoms with Crippen molar-refractivity contribution in [3.05, 3.63) is 35.4 Å². The summed E-state index contributed by atoms with van der Waals surface area (Å²) < 4.78 is 0. The number of aromatic nitrogens is 6. The number of nitrogens with zero attached hydrogens (tertiary/aromatic N) is 6. The van der Waals surface area contributed by atoms with E-state index in [-0.39, 0.29) is 6.04 Å². The summed E-state index contributed by atoms with van der Waals surface area (Å²) in [6.45, 7) is 3.67. The Balaban J connectivity index is 1.59. The van der Waals surface area contributed by atoms with Gasteiger partial charge in [0.2, 0.25) is 0 Å². The molecule has 148 valence electrons. The minimum absolute atomic E-state index is 0.141. The van der Waals surface area contributed by atoms with Crippen LogP contribution in [0.2, 0.25) is 5.02 Å². The molecule has 4 aromatic rings. The van der Waals surface area contributed by atoms with Crippen molar-refractivity contribution in [1.29, 1.82) is 0 Å². The van der Waals surface area contributed by atoms with E-state index >= 15 is 0 Å². The molecule has 1 aliphatic heterocycles. The van der Waals surface area contributed by atoms with E-state index in [4.69, 9.17) is 27.3 Å². The van der Waals surface area contributed by atoms with Crippen LogP contribution in [0.5, 0.6) is 0 Å². The van der Waals surface area contributed by atoms with E-state index in [1.54, 1.807) is 18.6 Å². The number of anilines is 1. The zero-order chi connectivity index (χ0) is 20.0. The molecule has 0 radical (unpaired) electrons. The summed E-state index contributed by atoms with van der Waals surface area (Å²) in [4.78, 5) is 28.9. The highest BCUT2D eigenvalue weighted by atomic mass is 35.5. The molecule has 0 bridgehead atoms. The Labute approximate surface area is 176 Å². The van der Waals surface area contributed by atoms with Gasteiger partial charge in [0.1, 0.15) is 17.0 Å². The predicted octanol–water partition coefficient (Wildman–Crippen LogP) is 3.20. The van der Waals surface area contributed by atoms with Gasteiger partial charge >= 0.3 is 0 Å². The third kappa shape index (κ3) is 3.39. The van der Waals surface area contributed by atoms with Gasteiger partial charge in [-0.1, -0.05) is 18.5 Å². The highest BCUT2D eigenvalue weighted by Crippen LogP contribution is 2.37. The van der Waals surface area contributed by atoms with Crippen molar-refractivity contribution in [2.75, 3.05) is 18.0 Å². The fourth-order valence-corrected chi connectivity index (χ4v) is 4.68. The Morgan fingerprint density at radius 3 is 2.93 bits per heavy atom. The van der Waals surface area contributed by atoms with E-state index in [0.717, 1.165) is 58.9 Å². The largest absolute Gasteiger partial charge is 0.354 e. The van der Waals surface area contributed by atoms with E-state index in [2.05, 4.69) is 31.8 Å². The number of aryl methyl sites for hydroxylation is 1. The molecule has 1 aliphatic rings. The molecule has 5 heterocycles. The summed E-state index contributed by atoms with van der Waals surface area (Å²) in [6.07, 6.45) is 6.78. The SMILES string of the molecule is CCc1[nH]c2nc(Sc3cnc4nccnc4c3)nc(N3CC[C@@H](N)C3)c2c1Cl. The van der Waals surface area contributed by atoms with Crippen LogP contribution in [0.15, 0.2) is 34.7 Å². The molecular formula is C19H19ClN8S. The van der Waals surface area contributed by atoms with Gasteiger partial charge in [-0.2, -0.15) is 0 Å². The van der Waals surface area contributed by atoms with Crippen LogP contribution in [-0.2, 0) is 6.42 Å². The monoisotopic (exact) mass is 426 g/mol. The number of aromatic amines is 1. The van der Waals surface area contributed by atoms with E-state index in [9.17, 15) is 0 Å². The van der Waals surface area contributed by atoms with Gasteiger partial charge in [-0.05, 0) is 30.7 Å². The number of pyridine rings is 1. The topological polar surface area (TPSA) is 109 Å². The van der Waals surface area contributed by atoms with Gasteiger partial charge in [-0.3, -0.25) is 4.98 Å². The molecule has 4 aromatic heterocycles. The molecule has 0 saturated carbocycles. The first kappa shape index (κ1) is 18.5. The maximum Gasteiger partial charge on any atom is 0.196 e. The van der Waals surface area contributed by atoms with E-state index in [0.29, 0.717) is 15.8 Å². The Bertz CT molecular complexity index is 1210. The van der Waals surface area contributed by atoms with Crippen LogP contribution in [0.25, 0.3) is 22.2 Å². The third-order valence-corrected chi connectivity index (χ3v) is 6.25. The minimum Gasteiger partial charge on any atom is -0.354 e. The second-order valence-corrected chi connectivity index (χ2v) is 8.41. The number of rotatable bonds is 4. The predicted molar refractivity (Wildman–Crippen MR) is 115 cm³/mol. The quantitative estimate of drug-likeness (QED) is 0.479. The molecule has 1 fully saturated rings. The molecule has 10 heteroatoms. The maximum absolute atomic E-state index is 6.65. The zero-order valence-corrected chi connectivity index (χ0v) is 17.3. The molecule has 0 unspecified atom stereocenters. The van der Waals surface area contributed by atoms with Crippen LogP contribution < -0.4 is 10.6 Å². The van der Waals surface area contributed by atoms with Crippen molar-refractivity contribution in [3.63, 3.8) is 0 Å². The standard InChI is InChI=1S/C19H19ClN8S/c1-2-12-15(20)14-17(25-12)26-19(27-18(14)28-6-3-10(21)9-28)29-11-7-13-16(24-8-11)23-5-4-22-13/h4-5,7-8,10H,2-3,6,9,21H2,1H3,(H,25,26,27)/t10-/m1/s1. The smallest absolute Gasteiger partial charge is 0.196 e. The first-order chi connectivity index (χ1) is 14.1. The Morgan fingerprint density at radius 2 is 2.14 bits per heavy atom. The Morgan fingerprint density at radius 1 is 1.28 bits per heavy atom. The minimum atomic E-state index is 0.141. The maximum atomic E-state index is 6.65. The summed E-state index contributed by atoms with van der Waals surface area (Å²) in [5.41, 5.74) is 9.20. The summed E-state index contributed by atoms with van der Waals surface area (Å²) in [6, 6.07) is 2.08. The number of nitrogens with one attached hydrogen (secondary N) is 1. The first-order valence-corrected chi connectivity index (χ1v) is 10.6. The number of fused-ring (bicyclic) bond motifs is 2. The fourth-order valence-electron chi connectivity index (χ4n) is 3.57. The number of halogens is 1. The van der Waals surface area contributed by atoms with Gasteiger partial charge in [0, 0.05) is 48.3 Å². The molecule has 0 aromatic carbocycles. The van der Waals surface area contributed by atoms with Crippen LogP contribution in [0.4, 0.5) is 5.82 Å². The molecule has 0 amide bonds. The Kier molecular flexibility index (Phi) is 4.73. The normalized spacial score (nSPS) is 16.9. The van der Waals surface area contributed by atoms with Crippen molar-refractivity contribution in [1.82, 2.24) is 29.9 Å². The molecule has 1 atom stereocenters. The van der Waals surface area contributed by atoms with Gasteiger partial charge in [0.15, 0.2) is 10.8 Å². The van der Waals surface area contributed by atoms with Crippen molar-refractivity contribution >= 4 is 51.4 Å². The second-order valence-electron chi connectivity index (χ2n) is 6.99. The summed E-state index contributed by atoms with van der Waals surface area (Å²) in [5.74, 6) is 0.833. The summed E-state index contributed by atoms with van der Waals surface area (Å²) >= 11 is 8.09. The zero-order valence-electron chi connectivity index (χ0n) is 15.8. The number of nitrogens with two attached hydrogens (primary N) is 1. The van der Waals surface area contributed by atoms with Crippen LogP contribution in [0.1, 0.15) is 19.0 Å². The van der Waals surface area contributed by atoms with Crippen LogP contribution in [0.3, 0.4) is 0 Å². The van der Waals surface area contributed by atoms with Gasteiger partial charge < -0.3 is 15.6 Å². The van der Waals surface area contributed by atoms with Gasteiger partial charge in [-0.25, -0.2) is 19.9 Å². The van der Waals surface area contributed by atoms with Crippen molar-refractivity contribution in [2.45, 2.75) is 35.9 Å². The molecule has 8 nitrogen and oxygen atoms in total. The van der Waals surface area contributed by atoms with Crippen molar-refractivity contribution in [3.8, 4) is 0 Å². The van der Waals surface area contributed by atoms with Crippen LogP contribution >= 0.6 is 23.4 Å². The summed E-state index contributed by atoms with van der Waals surface area (Å²) in [5, 5.41) is 2.18. The number of hydrogen-bond acceptors (Lipinski definition) is 8.